The molecule has 0 spiro atoms. The molecule has 0 radical (unpaired) electrons. The van der Waals surface area contributed by atoms with Gasteiger partial charge in [-0.2, -0.15) is 0 Å². The highest BCUT2D eigenvalue weighted by atomic mass is 35.5. The van der Waals surface area contributed by atoms with Gasteiger partial charge in [-0.05, 0) is 64.7 Å². The number of anilines is 1. The summed E-state index contributed by atoms with van der Waals surface area (Å²) in [4.78, 5) is 49.1. The fraction of sp³-hybridized carbons (Fsp3) is 0.500. The Morgan fingerprint density at radius 1 is 1.10 bits per heavy atom. The molecule has 5 heterocycles. The topological polar surface area (TPSA) is 116 Å². The maximum Gasteiger partial charge on any atom is 0.410 e. The van der Waals surface area contributed by atoms with Gasteiger partial charge in [0.15, 0.2) is 5.78 Å². The van der Waals surface area contributed by atoms with Crippen molar-refractivity contribution in [2.45, 2.75) is 58.6 Å². The van der Waals surface area contributed by atoms with E-state index in [-0.39, 0.29) is 36.6 Å². The maximum absolute atomic E-state index is 13.2. The van der Waals surface area contributed by atoms with Gasteiger partial charge in [-0.3, -0.25) is 14.6 Å². The van der Waals surface area contributed by atoms with Crippen molar-refractivity contribution >= 4 is 46.2 Å². The second-order valence-electron chi connectivity index (χ2n) is 11.7. The summed E-state index contributed by atoms with van der Waals surface area (Å²) in [6, 6.07) is 5.56. The van der Waals surface area contributed by atoms with Gasteiger partial charge in [0.25, 0.3) is 0 Å². The molecule has 0 aromatic carbocycles. The second-order valence-corrected chi connectivity index (χ2v) is 12.1. The number of fused-ring (bicyclic) bond motifs is 1. The number of ether oxygens (including phenoxy) is 2. The first kappa shape index (κ1) is 29.0. The number of halogens is 1. The molecule has 3 aromatic rings. The quantitative estimate of drug-likeness (QED) is 0.418. The standard InChI is InChI=1S/C30H36ClN5O5/c1-30(2,3)41-29(39)36-9-4-5-20(17-36)28(38)34-27-14-22(23(31)16-33-27)21-13-25-24(32-15-21)6-10-35(25)18-26(37)19-7-11-40-12-8-19/h6,10,13-16,19-20H,4-5,7-9,11-12,17-18H2,1-3H3,(H,33,34,38)/t20-/m1/s1. The number of likely N-dealkylation sites (tertiary alicyclic amines) is 1. The van der Waals surface area contributed by atoms with Gasteiger partial charge >= 0.3 is 6.09 Å². The Hall–Kier alpha value is -3.50. The van der Waals surface area contributed by atoms with Gasteiger partial charge in [-0.15, -0.1) is 0 Å². The molecular weight excluding hydrogens is 546 g/mol. The zero-order chi connectivity index (χ0) is 29.1. The number of rotatable bonds is 6. The molecule has 1 N–H and O–H groups in total. The van der Waals surface area contributed by atoms with Crippen molar-refractivity contribution in [3.63, 3.8) is 0 Å². The van der Waals surface area contributed by atoms with E-state index in [0.717, 1.165) is 29.4 Å². The number of ketones is 1. The van der Waals surface area contributed by atoms with Gasteiger partial charge in [0, 0.05) is 61.9 Å². The van der Waals surface area contributed by atoms with Gasteiger partial charge in [0.2, 0.25) is 5.91 Å². The Labute approximate surface area is 244 Å². The smallest absolute Gasteiger partial charge is 0.410 e. The minimum atomic E-state index is -0.601. The van der Waals surface area contributed by atoms with Gasteiger partial charge < -0.3 is 24.3 Å². The van der Waals surface area contributed by atoms with Gasteiger partial charge in [-0.1, -0.05) is 11.6 Å². The van der Waals surface area contributed by atoms with Crippen LogP contribution in [0, 0.1) is 11.8 Å². The van der Waals surface area contributed by atoms with E-state index < -0.39 is 11.7 Å². The molecule has 218 valence electrons. The summed E-state index contributed by atoms with van der Waals surface area (Å²) in [6.07, 6.45) is 7.56. The Morgan fingerprint density at radius 3 is 2.63 bits per heavy atom. The average molecular weight is 582 g/mol. The third-order valence-corrected chi connectivity index (χ3v) is 7.78. The number of aromatic nitrogens is 3. The van der Waals surface area contributed by atoms with E-state index in [0.29, 0.717) is 49.0 Å². The minimum absolute atomic E-state index is 0.0125. The van der Waals surface area contributed by atoms with E-state index in [9.17, 15) is 14.4 Å². The molecule has 0 saturated carbocycles. The monoisotopic (exact) mass is 581 g/mol. The van der Waals surface area contributed by atoms with E-state index in [4.69, 9.17) is 21.1 Å². The molecule has 1 atom stereocenters. The third-order valence-electron chi connectivity index (χ3n) is 7.48. The summed E-state index contributed by atoms with van der Waals surface area (Å²) < 4.78 is 12.8. The van der Waals surface area contributed by atoms with Crippen molar-refractivity contribution in [1.82, 2.24) is 19.4 Å². The van der Waals surface area contributed by atoms with Crippen LogP contribution in [0.2, 0.25) is 5.02 Å². The lowest BCUT2D eigenvalue weighted by Gasteiger charge is -2.33. The van der Waals surface area contributed by atoms with Crippen LogP contribution in [0.5, 0.6) is 0 Å². The van der Waals surface area contributed by atoms with Crippen LogP contribution in [0.15, 0.2) is 36.8 Å². The van der Waals surface area contributed by atoms with Gasteiger partial charge in [0.1, 0.15) is 11.4 Å². The fourth-order valence-corrected chi connectivity index (χ4v) is 5.52. The summed E-state index contributed by atoms with van der Waals surface area (Å²) in [5.74, 6) is -0.0385. The molecule has 2 fully saturated rings. The lowest BCUT2D eigenvalue weighted by atomic mass is 9.95. The lowest BCUT2D eigenvalue weighted by molar-refractivity contribution is -0.126. The molecule has 10 nitrogen and oxygen atoms in total. The van der Waals surface area contributed by atoms with Crippen LogP contribution in [0.1, 0.15) is 46.5 Å². The van der Waals surface area contributed by atoms with E-state index in [2.05, 4.69) is 15.3 Å². The number of pyridine rings is 2. The first-order chi connectivity index (χ1) is 19.6. The molecule has 2 aliphatic rings. The van der Waals surface area contributed by atoms with Crippen LogP contribution < -0.4 is 5.32 Å². The van der Waals surface area contributed by atoms with Crippen molar-refractivity contribution in [2.24, 2.45) is 11.8 Å². The summed E-state index contributed by atoms with van der Waals surface area (Å²) in [5.41, 5.74) is 2.40. The summed E-state index contributed by atoms with van der Waals surface area (Å²) in [5, 5.41) is 3.31. The normalized spacial score (nSPS) is 18.3. The first-order valence-electron chi connectivity index (χ1n) is 14.1. The predicted molar refractivity (Wildman–Crippen MR) is 156 cm³/mol. The average Bonchev–Trinajstić information content (AvgIpc) is 3.35. The van der Waals surface area contributed by atoms with Crippen molar-refractivity contribution in [2.75, 3.05) is 31.6 Å². The Kier molecular flexibility index (Phi) is 8.60. The van der Waals surface area contributed by atoms with Crippen LogP contribution in [-0.4, -0.2) is 69.1 Å². The highest BCUT2D eigenvalue weighted by molar-refractivity contribution is 6.33. The molecule has 3 aromatic heterocycles. The van der Waals surface area contributed by atoms with Crippen LogP contribution in [-0.2, 0) is 25.6 Å². The Morgan fingerprint density at radius 2 is 1.88 bits per heavy atom. The number of hydrogen-bond acceptors (Lipinski definition) is 7. The minimum Gasteiger partial charge on any atom is -0.444 e. The summed E-state index contributed by atoms with van der Waals surface area (Å²) in [6.45, 7) is 7.81. The number of Topliss-reactive ketones (excluding diaryl/α,β-unsaturated/α-hetero) is 1. The van der Waals surface area contributed by atoms with E-state index >= 15 is 0 Å². The Balaban J connectivity index is 1.30. The number of carbonyl (C=O) groups is 3. The van der Waals surface area contributed by atoms with E-state index in [1.807, 2.05) is 43.7 Å². The zero-order valence-electron chi connectivity index (χ0n) is 23.7. The largest absolute Gasteiger partial charge is 0.444 e. The Bertz CT molecular complexity index is 1440. The molecular formula is C30H36ClN5O5. The van der Waals surface area contributed by atoms with Crippen LogP contribution in [0.3, 0.4) is 0 Å². The van der Waals surface area contributed by atoms with Gasteiger partial charge in [-0.25, -0.2) is 9.78 Å². The zero-order valence-corrected chi connectivity index (χ0v) is 24.4. The van der Waals surface area contributed by atoms with Crippen LogP contribution in [0.4, 0.5) is 10.6 Å². The van der Waals surface area contributed by atoms with E-state index in [1.54, 1.807) is 17.2 Å². The number of nitrogens with zero attached hydrogens (tertiary/aromatic N) is 4. The van der Waals surface area contributed by atoms with Crippen LogP contribution >= 0.6 is 11.6 Å². The molecule has 2 saturated heterocycles. The van der Waals surface area contributed by atoms with Gasteiger partial charge in [0.05, 0.1) is 28.5 Å². The lowest BCUT2D eigenvalue weighted by Crippen LogP contribution is -2.45. The first-order valence-corrected chi connectivity index (χ1v) is 14.5. The van der Waals surface area contributed by atoms with Crippen molar-refractivity contribution in [3.8, 4) is 11.1 Å². The third kappa shape index (κ3) is 7.05. The number of hydrogen-bond donors (Lipinski definition) is 1. The number of nitrogens with one attached hydrogen (secondary N) is 1. The molecule has 2 aliphatic heterocycles. The predicted octanol–water partition coefficient (Wildman–Crippen LogP) is 5.33. The van der Waals surface area contributed by atoms with Crippen LogP contribution in [0.25, 0.3) is 22.2 Å². The van der Waals surface area contributed by atoms with Crippen molar-refractivity contribution in [1.29, 1.82) is 0 Å². The molecule has 0 unspecified atom stereocenters. The number of amides is 2. The molecule has 2 amide bonds. The van der Waals surface area contributed by atoms with Crippen molar-refractivity contribution < 1.29 is 23.9 Å². The molecule has 11 heteroatoms. The van der Waals surface area contributed by atoms with Crippen molar-refractivity contribution in [3.05, 3.63) is 41.8 Å². The summed E-state index contributed by atoms with van der Waals surface area (Å²) >= 11 is 6.54. The fourth-order valence-electron chi connectivity index (χ4n) is 5.30. The summed E-state index contributed by atoms with van der Waals surface area (Å²) in [7, 11) is 0. The highest BCUT2D eigenvalue weighted by Crippen LogP contribution is 2.32. The molecule has 5 rings (SSSR count). The maximum atomic E-state index is 13.2. The highest BCUT2D eigenvalue weighted by Gasteiger charge is 2.31. The number of piperidine rings is 1. The number of carbonyl (C=O) groups excluding carboxylic acids is 3. The molecule has 0 aliphatic carbocycles. The molecule has 0 bridgehead atoms. The SMILES string of the molecule is CC(C)(C)OC(=O)N1CCC[C@@H](C(=O)Nc2cc(-c3cnc4ccn(CC(=O)C5CCOCC5)c4c3)c(Cl)cn2)C1. The second kappa shape index (κ2) is 12.2. The van der Waals surface area contributed by atoms with E-state index in [1.165, 1.54) is 6.20 Å². The molecule has 41 heavy (non-hydrogen) atoms.